The molecule has 1 rings (SSSR count). The van der Waals surface area contributed by atoms with E-state index >= 15 is 0 Å². The lowest BCUT2D eigenvalue weighted by molar-refractivity contribution is -0.114. The minimum absolute atomic E-state index is 0.0771. The standard InChI is InChI=1S/C14H20FN3O2/c1-3-6-16-7-8-17-14(20)12-9-11(18-10(2)19)4-5-13(12)15/h4-5,9,16H,3,6-8H2,1-2H3,(H,17,20)(H,18,19). The summed E-state index contributed by atoms with van der Waals surface area (Å²) in [4.78, 5) is 22.8. The van der Waals surface area contributed by atoms with Crippen LogP contribution >= 0.6 is 0 Å². The largest absolute Gasteiger partial charge is 0.351 e. The third-order valence-corrected chi connectivity index (χ3v) is 2.55. The van der Waals surface area contributed by atoms with Crippen molar-refractivity contribution in [2.24, 2.45) is 0 Å². The van der Waals surface area contributed by atoms with Crippen LogP contribution in [0.15, 0.2) is 18.2 Å². The normalized spacial score (nSPS) is 10.2. The molecule has 0 unspecified atom stereocenters. The van der Waals surface area contributed by atoms with Gasteiger partial charge in [-0.2, -0.15) is 0 Å². The summed E-state index contributed by atoms with van der Waals surface area (Å²) in [6.07, 6.45) is 1.02. The lowest BCUT2D eigenvalue weighted by Gasteiger charge is -2.09. The molecule has 2 amide bonds. The highest BCUT2D eigenvalue weighted by Gasteiger charge is 2.12. The molecular formula is C14H20FN3O2. The Balaban J connectivity index is 2.59. The lowest BCUT2D eigenvalue weighted by atomic mass is 10.1. The van der Waals surface area contributed by atoms with Gasteiger partial charge in [-0.1, -0.05) is 6.92 Å². The third-order valence-electron chi connectivity index (χ3n) is 2.55. The Kier molecular flexibility index (Phi) is 6.66. The summed E-state index contributed by atoms with van der Waals surface area (Å²) < 4.78 is 13.6. The van der Waals surface area contributed by atoms with Crippen molar-refractivity contribution >= 4 is 17.5 Å². The summed E-state index contributed by atoms with van der Waals surface area (Å²) in [5.74, 6) is -1.38. The number of hydrogen-bond acceptors (Lipinski definition) is 3. The molecule has 0 bridgehead atoms. The topological polar surface area (TPSA) is 70.2 Å². The Morgan fingerprint density at radius 3 is 2.60 bits per heavy atom. The minimum atomic E-state index is -0.613. The van der Waals surface area contributed by atoms with E-state index in [-0.39, 0.29) is 11.5 Å². The van der Waals surface area contributed by atoms with Crippen molar-refractivity contribution in [2.45, 2.75) is 20.3 Å². The van der Waals surface area contributed by atoms with Gasteiger partial charge in [-0.15, -0.1) is 0 Å². The average Bonchev–Trinajstić information content (AvgIpc) is 2.40. The van der Waals surface area contributed by atoms with E-state index in [9.17, 15) is 14.0 Å². The smallest absolute Gasteiger partial charge is 0.254 e. The highest BCUT2D eigenvalue weighted by molar-refractivity contribution is 5.97. The molecular weight excluding hydrogens is 261 g/mol. The van der Waals surface area contributed by atoms with Gasteiger partial charge < -0.3 is 16.0 Å². The van der Waals surface area contributed by atoms with E-state index in [0.29, 0.717) is 18.8 Å². The maximum atomic E-state index is 13.6. The number of benzene rings is 1. The molecule has 0 heterocycles. The quantitative estimate of drug-likeness (QED) is 0.664. The van der Waals surface area contributed by atoms with E-state index in [1.54, 1.807) is 0 Å². The summed E-state index contributed by atoms with van der Waals surface area (Å²) in [6.45, 7) is 5.33. The van der Waals surface area contributed by atoms with Gasteiger partial charge in [-0.25, -0.2) is 4.39 Å². The second-order valence-electron chi connectivity index (χ2n) is 4.38. The first kappa shape index (κ1) is 16.1. The molecule has 0 radical (unpaired) electrons. The molecule has 1 aromatic rings. The van der Waals surface area contributed by atoms with Crippen molar-refractivity contribution in [1.29, 1.82) is 0 Å². The molecule has 1 aromatic carbocycles. The Hall–Kier alpha value is -1.95. The maximum Gasteiger partial charge on any atom is 0.254 e. The molecule has 0 aliphatic heterocycles. The first-order valence-corrected chi connectivity index (χ1v) is 6.60. The van der Waals surface area contributed by atoms with Crippen molar-refractivity contribution in [3.05, 3.63) is 29.6 Å². The van der Waals surface area contributed by atoms with Crippen molar-refractivity contribution in [3.63, 3.8) is 0 Å². The van der Waals surface area contributed by atoms with Gasteiger partial charge in [0.15, 0.2) is 0 Å². The van der Waals surface area contributed by atoms with Crippen LogP contribution in [-0.2, 0) is 4.79 Å². The number of carbonyl (C=O) groups is 2. The first-order valence-electron chi connectivity index (χ1n) is 6.60. The molecule has 0 atom stereocenters. The fourth-order valence-corrected chi connectivity index (χ4v) is 1.64. The summed E-state index contributed by atoms with van der Waals surface area (Å²) in [5.41, 5.74) is 0.319. The zero-order valence-corrected chi connectivity index (χ0v) is 11.8. The molecule has 0 aromatic heterocycles. The van der Waals surface area contributed by atoms with Gasteiger partial charge in [0.05, 0.1) is 5.56 Å². The van der Waals surface area contributed by atoms with E-state index in [0.717, 1.165) is 19.0 Å². The predicted molar refractivity (Wildman–Crippen MR) is 76.2 cm³/mol. The Labute approximate surface area is 117 Å². The predicted octanol–water partition coefficient (Wildman–Crippen LogP) is 1.51. The van der Waals surface area contributed by atoms with Crippen LogP contribution in [0.5, 0.6) is 0 Å². The molecule has 20 heavy (non-hydrogen) atoms. The molecule has 0 fully saturated rings. The fourth-order valence-electron chi connectivity index (χ4n) is 1.64. The molecule has 0 aliphatic rings. The van der Waals surface area contributed by atoms with Crippen LogP contribution in [-0.4, -0.2) is 31.4 Å². The van der Waals surface area contributed by atoms with Crippen LogP contribution in [0.1, 0.15) is 30.6 Å². The average molecular weight is 281 g/mol. The Morgan fingerprint density at radius 1 is 1.20 bits per heavy atom. The van der Waals surface area contributed by atoms with E-state index in [1.165, 1.54) is 19.1 Å². The van der Waals surface area contributed by atoms with Crippen molar-refractivity contribution in [2.75, 3.05) is 25.0 Å². The van der Waals surface area contributed by atoms with Gasteiger partial charge in [-0.3, -0.25) is 9.59 Å². The van der Waals surface area contributed by atoms with E-state index < -0.39 is 11.7 Å². The molecule has 6 heteroatoms. The summed E-state index contributed by atoms with van der Waals surface area (Å²) in [6, 6.07) is 3.90. The Morgan fingerprint density at radius 2 is 1.95 bits per heavy atom. The highest BCUT2D eigenvalue weighted by Crippen LogP contribution is 2.14. The summed E-state index contributed by atoms with van der Waals surface area (Å²) >= 11 is 0. The molecule has 3 N–H and O–H groups in total. The molecule has 5 nitrogen and oxygen atoms in total. The number of anilines is 1. The number of nitrogens with one attached hydrogen (secondary N) is 3. The monoisotopic (exact) mass is 281 g/mol. The Bertz CT molecular complexity index is 477. The number of halogens is 1. The number of carbonyl (C=O) groups excluding carboxylic acids is 2. The summed E-state index contributed by atoms with van der Waals surface area (Å²) in [7, 11) is 0. The van der Waals surface area contributed by atoms with Crippen molar-refractivity contribution < 1.29 is 14.0 Å². The van der Waals surface area contributed by atoms with Gasteiger partial charge in [0.2, 0.25) is 5.91 Å². The van der Waals surface area contributed by atoms with Crippen LogP contribution < -0.4 is 16.0 Å². The van der Waals surface area contributed by atoms with Gasteiger partial charge in [0, 0.05) is 25.7 Å². The first-order chi connectivity index (χ1) is 9.54. The molecule has 0 aliphatic carbocycles. The lowest BCUT2D eigenvalue weighted by Crippen LogP contribution is -2.32. The van der Waals surface area contributed by atoms with Crippen LogP contribution in [0.2, 0.25) is 0 Å². The van der Waals surface area contributed by atoms with Crippen LogP contribution in [0.4, 0.5) is 10.1 Å². The van der Waals surface area contributed by atoms with E-state index in [1.807, 2.05) is 0 Å². The number of amides is 2. The van der Waals surface area contributed by atoms with Gasteiger partial charge >= 0.3 is 0 Å². The number of rotatable bonds is 7. The van der Waals surface area contributed by atoms with Crippen LogP contribution in [0, 0.1) is 5.82 Å². The maximum absolute atomic E-state index is 13.6. The highest BCUT2D eigenvalue weighted by atomic mass is 19.1. The van der Waals surface area contributed by atoms with Gasteiger partial charge in [-0.05, 0) is 31.2 Å². The van der Waals surface area contributed by atoms with Crippen LogP contribution in [0.25, 0.3) is 0 Å². The molecule has 0 spiro atoms. The van der Waals surface area contributed by atoms with Crippen LogP contribution in [0.3, 0.4) is 0 Å². The molecule has 0 saturated carbocycles. The minimum Gasteiger partial charge on any atom is -0.351 e. The van der Waals surface area contributed by atoms with Gasteiger partial charge in [0.1, 0.15) is 5.82 Å². The molecule has 0 saturated heterocycles. The van der Waals surface area contributed by atoms with Crippen molar-refractivity contribution in [1.82, 2.24) is 10.6 Å². The zero-order valence-electron chi connectivity index (χ0n) is 11.8. The second-order valence-corrected chi connectivity index (χ2v) is 4.38. The zero-order chi connectivity index (χ0) is 15.0. The van der Waals surface area contributed by atoms with E-state index in [4.69, 9.17) is 0 Å². The number of hydrogen-bond donors (Lipinski definition) is 3. The van der Waals surface area contributed by atoms with Crippen molar-refractivity contribution in [3.8, 4) is 0 Å². The second kappa shape index (κ2) is 8.27. The molecule has 110 valence electrons. The summed E-state index contributed by atoms with van der Waals surface area (Å²) in [5, 5.41) is 8.27. The third kappa shape index (κ3) is 5.36. The van der Waals surface area contributed by atoms with E-state index in [2.05, 4.69) is 22.9 Å². The van der Waals surface area contributed by atoms with Gasteiger partial charge in [0.25, 0.3) is 5.91 Å². The SMILES string of the molecule is CCCNCCNC(=O)c1cc(NC(C)=O)ccc1F. The fraction of sp³-hybridized carbons (Fsp3) is 0.429.